The van der Waals surface area contributed by atoms with Crippen molar-refractivity contribution in [1.82, 2.24) is 10.6 Å². The summed E-state index contributed by atoms with van der Waals surface area (Å²) in [5.74, 6) is 1.44. The molecule has 0 spiro atoms. The van der Waals surface area contributed by atoms with Gasteiger partial charge < -0.3 is 10.6 Å². The van der Waals surface area contributed by atoms with Crippen molar-refractivity contribution in [2.75, 3.05) is 7.05 Å². The third-order valence-electron chi connectivity index (χ3n) is 3.94. The fraction of sp³-hybridized carbons (Fsp3) is 0.278. The van der Waals surface area contributed by atoms with Crippen LogP contribution in [0.2, 0.25) is 5.02 Å². The fourth-order valence-corrected chi connectivity index (χ4v) is 2.71. The number of aliphatic imine (C=N–C) groups is 1. The molecule has 122 valence electrons. The van der Waals surface area contributed by atoms with Gasteiger partial charge in [0.2, 0.25) is 0 Å². The average Bonchev–Trinajstić information content (AvgIpc) is 3.33. The second-order valence-electron chi connectivity index (χ2n) is 5.56. The van der Waals surface area contributed by atoms with E-state index < -0.39 is 0 Å². The van der Waals surface area contributed by atoms with E-state index >= 15 is 0 Å². The van der Waals surface area contributed by atoms with Crippen LogP contribution in [0.15, 0.2) is 59.6 Å². The van der Waals surface area contributed by atoms with Crippen molar-refractivity contribution in [2.45, 2.75) is 24.9 Å². The number of hydrogen-bond acceptors (Lipinski definition) is 1. The van der Waals surface area contributed by atoms with Gasteiger partial charge in [0.05, 0.1) is 0 Å². The number of rotatable bonds is 4. The van der Waals surface area contributed by atoms with Gasteiger partial charge in [0, 0.05) is 30.6 Å². The zero-order valence-corrected chi connectivity index (χ0v) is 16.1. The first-order valence-electron chi connectivity index (χ1n) is 7.53. The van der Waals surface area contributed by atoms with Gasteiger partial charge in [0.15, 0.2) is 5.96 Å². The lowest BCUT2D eigenvalue weighted by molar-refractivity contribution is 0.790. The molecule has 5 heteroatoms. The minimum Gasteiger partial charge on any atom is -0.353 e. The molecule has 0 bridgehead atoms. The van der Waals surface area contributed by atoms with E-state index in [2.05, 4.69) is 46.0 Å². The number of nitrogens with one attached hydrogen (secondary N) is 2. The summed E-state index contributed by atoms with van der Waals surface area (Å²) in [6.07, 6.45) is 1.16. The van der Waals surface area contributed by atoms with E-state index in [9.17, 15) is 0 Å². The Bertz CT molecular complexity index is 643. The first-order valence-corrected chi connectivity index (χ1v) is 7.90. The number of nitrogens with zero attached hydrogens (tertiary/aromatic N) is 1. The normalized spacial score (nSPS) is 19.7. The van der Waals surface area contributed by atoms with Crippen LogP contribution in [-0.2, 0) is 6.54 Å². The molecule has 0 aliphatic heterocycles. The predicted molar refractivity (Wildman–Crippen MR) is 108 cm³/mol. The third-order valence-corrected chi connectivity index (χ3v) is 4.19. The quantitative estimate of drug-likeness (QED) is 0.424. The Hall–Kier alpha value is -1.27. The molecular weight excluding hydrogens is 421 g/mol. The molecule has 2 aromatic rings. The molecule has 0 radical (unpaired) electrons. The van der Waals surface area contributed by atoms with Gasteiger partial charge in [0.1, 0.15) is 0 Å². The SMILES string of the molecule is CN=C(NCc1ccc(Cl)cc1)NC1CC1c1ccccc1.I. The van der Waals surface area contributed by atoms with E-state index in [1.54, 1.807) is 7.05 Å². The van der Waals surface area contributed by atoms with E-state index in [0.29, 0.717) is 12.0 Å². The molecule has 2 atom stereocenters. The Kier molecular flexibility index (Phi) is 6.72. The Morgan fingerprint density at radius 2 is 1.83 bits per heavy atom. The van der Waals surface area contributed by atoms with Crippen LogP contribution in [0, 0.1) is 0 Å². The highest BCUT2D eigenvalue weighted by Gasteiger charge is 2.38. The largest absolute Gasteiger partial charge is 0.353 e. The van der Waals surface area contributed by atoms with Crippen LogP contribution in [0.3, 0.4) is 0 Å². The molecule has 3 nitrogen and oxygen atoms in total. The maximum atomic E-state index is 5.90. The number of guanidine groups is 1. The topological polar surface area (TPSA) is 36.4 Å². The van der Waals surface area contributed by atoms with Crippen molar-refractivity contribution in [3.8, 4) is 0 Å². The van der Waals surface area contributed by atoms with Crippen molar-refractivity contribution >= 4 is 41.5 Å². The lowest BCUT2D eigenvalue weighted by atomic mass is 10.1. The summed E-state index contributed by atoms with van der Waals surface area (Å²) < 4.78 is 0. The highest BCUT2D eigenvalue weighted by Crippen LogP contribution is 2.40. The molecule has 2 N–H and O–H groups in total. The van der Waals surface area contributed by atoms with Gasteiger partial charge >= 0.3 is 0 Å². The highest BCUT2D eigenvalue weighted by atomic mass is 127. The molecular formula is C18H21ClIN3. The molecule has 0 heterocycles. The van der Waals surface area contributed by atoms with Crippen molar-refractivity contribution < 1.29 is 0 Å². The molecule has 2 unspecified atom stereocenters. The van der Waals surface area contributed by atoms with Crippen molar-refractivity contribution in [3.05, 3.63) is 70.7 Å². The Morgan fingerprint density at radius 1 is 1.13 bits per heavy atom. The summed E-state index contributed by atoms with van der Waals surface area (Å²) >= 11 is 5.90. The van der Waals surface area contributed by atoms with Crippen LogP contribution in [0.25, 0.3) is 0 Å². The molecule has 0 amide bonds. The maximum Gasteiger partial charge on any atom is 0.191 e. The molecule has 2 aromatic carbocycles. The Balaban J connectivity index is 0.00000192. The van der Waals surface area contributed by atoms with Crippen molar-refractivity contribution in [3.63, 3.8) is 0 Å². The summed E-state index contributed by atoms with van der Waals surface area (Å²) in [5, 5.41) is 7.59. The van der Waals surface area contributed by atoms with Gasteiger partial charge in [0.25, 0.3) is 0 Å². The summed E-state index contributed by atoms with van der Waals surface area (Å²) in [4.78, 5) is 4.30. The van der Waals surface area contributed by atoms with Crippen LogP contribution in [0.4, 0.5) is 0 Å². The van der Waals surface area contributed by atoms with E-state index in [0.717, 1.165) is 23.9 Å². The van der Waals surface area contributed by atoms with E-state index in [1.165, 1.54) is 11.1 Å². The minimum atomic E-state index is 0. The predicted octanol–water partition coefficient (Wildman–Crippen LogP) is 4.18. The smallest absolute Gasteiger partial charge is 0.191 e. The molecule has 23 heavy (non-hydrogen) atoms. The summed E-state index contributed by atoms with van der Waals surface area (Å²) in [6.45, 7) is 0.736. The van der Waals surface area contributed by atoms with Gasteiger partial charge in [-0.3, -0.25) is 4.99 Å². The van der Waals surface area contributed by atoms with Crippen molar-refractivity contribution in [2.24, 2.45) is 4.99 Å². The Morgan fingerprint density at radius 3 is 2.48 bits per heavy atom. The van der Waals surface area contributed by atoms with Gasteiger partial charge in [-0.2, -0.15) is 0 Å². The van der Waals surface area contributed by atoms with Gasteiger partial charge in [-0.25, -0.2) is 0 Å². The highest BCUT2D eigenvalue weighted by molar-refractivity contribution is 14.0. The number of halogens is 2. The second kappa shape index (κ2) is 8.55. The first-order chi connectivity index (χ1) is 10.8. The second-order valence-corrected chi connectivity index (χ2v) is 5.99. The maximum absolute atomic E-state index is 5.90. The fourth-order valence-electron chi connectivity index (χ4n) is 2.58. The zero-order chi connectivity index (χ0) is 15.4. The van der Waals surface area contributed by atoms with Crippen LogP contribution in [0.1, 0.15) is 23.5 Å². The minimum absolute atomic E-state index is 0. The molecule has 3 rings (SSSR count). The molecule has 1 aliphatic rings. The van der Waals surface area contributed by atoms with Gasteiger partial charge in [-0.15, -0.1) is 24.0 Å². The standard InChI is InChI=1S/C18H20ClN3.HI/c1-20-18(21-12-13-7-9-15(19)10-8-13)22-17-11-16(17)14-5-3-2-4-6-14;/h2-10,16-17H,11-12H2,1H3,(H2,20,21,22);1H. The molecule has 1 saturated carbocycles. The monoisotopic (exact) mass is 441 g/mol. The lowest BCUT2D eigenvalue weighted by Crippen LogP contribution is -2.38. The van der Waals surface area contributed by atoms with Crippen molar-refractivity contribution in [1.29, 1.82) is 0 Å². The van der Waals surface area contributed by atoms with Crippen LogP contribution in [-0.4, -0.2) is 19.0 Å². The third kappa shape index (κ3) is 5.11. The van der Waals surface area contributed by atoms with E-state index in [4.69, 9.17) is 11.6 Å². The summed E-state index contributed by atoms with van der Waals surface area (Å²) in [6, 6.07) is 18.9. The van der Waals surface area contributed by atoms with Crippen LogP contribution >= 0.6 is 35.6 Å². The van der Waals surface area contributed by atoms with Crippen LogP contribution < -0.4 is 10.6 Å². The average molecular weight is 442 g/mol. The van der Waals surface area contributed by atoms with E-state index in [-0.39, 0.29) is 24.0 Å². The van der Waals surface area contributed by atoms with Gasteiger partial charge in [-0.1, -0.05) is 54.1 Å². The lowest BCUT2D eigenvalue weighted by Gasteiger charge is -2.12. The van der Waals surface area contributed by atoms with E-state index in [1.807, 2.05) is 24.3 Å². The molecule has 1 fully saturated rings. The summed E-state index contributed by atoms with van der Waals surface area (Å²) in [7, 11) is 1.80. The molecule has 1 aliphatic carbocycles. The first kappa shape index (κ1) is 18.1. The van der Waals surface area contributed by atoms with Crippen LogP contribution in [0.5, 0.6) is 0 Å². The molecule has 0 saturated heterocycles. The Labute approximate surface area is 159 Å². The number of benzene rings is 2. The molecule has 0 aromatic heterocycles. The number of hydrogen-bond donors (Lipinski definition) is 2. The van der Waals surface area contributed by atoms with Gasteiger partial charge in [-0.05, 0) is 29.7 Å². The summed E-state index contributed by atoms with van der Waals surface area (Å²) in [5.41, 5.74) is 2.58. The zero-order valence-electron chi connectivity index (χ0n) is 13.0.